The van der Waals surface area contributed by atoms with Crippen molar-refractivity contribution >= 4 is 5.82 Å². The standard InChI is InChI=1S/C11H20N4/c1-4-5-9(2)15(3)11-8-13-10(6-12)7-14-11/h7-9H,4-6,12H2,1-3H3. The Morgan fingerprint density at radius 1 is 1.40 bits per heavy atom. The molecule has 0 radical (unpaired) electrons. The van der Waals surface area contributed by atoms with Crippen LogP contribution in [0.5, 0.6) is 0 Å². The molecule has 0 fully saturated rings. The first-order chi connectivity index (χ1) is 7.19. The first-order valence-corrected chi connectivity index (χ1v) is 5.42. The Balaban J connectivity index is 2.69. The van der Waals surface area contributed by atoms with Crippen molar-refractivity contribution in [3.05, 3.63) is 18.1 Å². The van der Waals surface area contributed by atoms with Crippen LogP contribution in [0.2, 0.25) is 0 Å². The van der Waals surface area contributed by atoms with Gasteiger partial charge in [0.05, 0.1) is 18.1 Å². The van der Waals surface area contributed by atoms with E-state index in [0.717, 1.165) is 17.9 Å². The van der Waals surface area contributed by atoms with E-state index in [-0.39, 0.29) is 0 Å². The lowest BCUT2D eigenvalue weighted by Crippen LogP contribution is -2.29. The third kappa shape index (κ3) is 3.16. The zero-order valence-corrected chi connectivity index (χ0v) is 9.77. The van der Waals surface area contributed by atoms with Crippen molar-refractivity contribution < 1.29 is 0 Å². The average Bonchev–Trinajstić information content (AvgIpc) is 2.28. The van der Waals surface area contributed by atoms with E-state index in [2.05, 4.69) is 28.7 Å². The van der Waals surface area contributed by atoms with Gasteiger partial charge in [-0.25, -0.2) is 4.98 Å². The third-order valence-electron chi connectivity index (χ3n) is 2.63. The van der Waals surface area contributed by atoms with Crippen molar-refractivity contribution in [3.8, 4) is 0 Å². The minimum atomic E-state index is 0.446. The number of hydrogen-bond donors (Lipinski definition) is 1. The van der Waals surface area contributed by atoms with Crippen molar-refractivity contribution in [2.75, 3.05) is 11.9 Å². The summed E-state index contributed by atoms with van der Waals surface area (Å²) in [7, 11) is 2.05. The Labute approximate surface area is 91.5 Å². The largest absolute Gasteiger partial charge is 0.356 e. The van der Waals surface area contributed by atoms with Gasteiger partial charge in [0.2, 0.25) is 0 Å². The third-order valence-corrected chi connectivity index (χ3v) is 2.63. The molecule has 0 aliphatic rings. The molecule has 0 aromatic carbocycles. The van der Waals surface area contributed by atoms with Gasteiger partial charge in [0.15, 0.2) is 0 Å². The smallest absolute Gasteiger partial charge is 0.147 e. The fraction of sp³-hybridized carbons (Fsp3) is 0.636. The number of anilines is 1. The molecule has 1 aromatic heterocycles. The van der Waals surface area contributed by atoms with E-state index in [1.807, 2.05) is 7.05 Å². The second-order valence-electron chi connectivity index (χ2n) is 3.82. The fourth-order valence-electron chi connectivity index (χ4n) is 1.47. The van der Waals surface area contributed by atoms with Crippen LogP contribution in [0.1, 0.15) is 32.4 Å². The number of nitrogens with two attached hydrogens (primary N) is 1. The summed E-state index contributed by atoms with van der Waals surface area (Å²) in [6.07, 6.45) is 5.87. The zero-order chi connectivity index (χ0) is 11.3. The molecule has 0 bridgehead atoms. The second-order valence-corrected chi connectivity index (χ2v) is 3.82. The minimum Gasteiger partial charge on any atom is -0.356 e. The average molecular weight is 208 g/mol. The van der Waals surface area contributed by atoms with Crippen LogP contribution in [-0.2, 0) is 6.54 Å². The molecule has 1 rings (SSSR count). The highest BCUT2D eigenvalue weighted by molar-refractivity contribution is 5.35. The highest BCUT2D eigenvalue weighted by atomic mass is 15.2. The molecule has 4 nitrogen and oxygen atoms in total. The Hall–Kier alpha value is -1.16. The molecule has 15 heavy (non-hydrogen) atoms. The summed E-state index contributed by atoms with van der Waals surface area (Å²) < 4.78 is 0. The Morgan fingerprint density at radius 3 is 2.60 bits per heavy atom. The molecule has 0 saturated heterocycles. The van der Waals surface area contributed by atoms with Crippen LogP contribution in [0.3, 0.4) is 0 Å². The Bertz CT molecular complexity index is 283. The van der Waals surface area contributed by atoms with E-state index in [9.17, 15) is 0 Å². The molecule has 0 spiro atoms. The second kappa shape index (κ2) is 5.66. The monoisotopic (exact) mass is 208 g/mol. The number of hydrogen-bond acceptors (Lipinski definition) is 4. The van der Waals surface area contributed by atoms with Crippen LogP contribution in [0, 0.1) is 0 Å². The maximum absolute atomic E-state index is 5.47. The lowest BCUT2D eigenvalue weighted by Gasteiger charge is -2.25. The molecule has 4 heteroatoms. The van der Waals surface area contributed by atoms with Gasteiger partial charge in [-0.15, -0.1) is 0 Å². The topological polar surface area (TPSA) is 55.0 Å². The molecule has 1 heterocycles. The van der Waals surface area contributed by atoms with Gasteiger partial charge in [-0.05, 0) is 13.3 Å². The number of nitrogens with zero attached hydrogens (tertiary/aromatic N) is 3. The lowest BCUT2D eigenvalue weighted by atomic mass is 10.2. The summed E-state index contributed by atoms with van der Waals surface area (Å²) in [5, 5.41) is 0. The van der Waals surface area contributed by atoms with Crippen LogP contribution in [0.25, 0.3) is 0 Å². The van der Waals surface area contributed by atoms with E-state index < -0.39 is 0 Å². The molecule has 1 unspecified atom stereocenters. The predicted molar refractivity (Wildman–Crippen MR) is 62.7 cm³/mol. The molecule has 2 N–H and O–H groups in total. The summed E-state index contributed by atoms with van der Waals surface area (Å²) in [5.41, 5.74) is 6.30. The van der Waals surface area contributed by atoms with Gasteiger partial charge in [-0.2, -0.15) is 0 Å². The minimum absolute atomic E-state index is 0.446. The van der Waals surface area contributed by atoms with E-state index in [0.29, 0.717) is 12.6 Å². The number of rotatable bonds is 5. The van der Waals surface area contributed by atoms with E-state index >= 15 is 0 Å². The van der Waals surface area contributed by atoms with Crippen LogP contribution >= 0.6 is 0 Å². The molecule has 1 aromatic rings. The lowest BCUT2D eigenvalue weighted by molar-refractivity contribution is 0.610. The molecule has 0 aliphatic carbocycles. The normalized spacial score (nSPS) is 12.5. The summed E-state index contributed by atoms with van der Waals surface area (Å²) in [6.45, 7) is 4.83. The fourth-order valence-corrected chi connectivity index (χ4v) is 1.47. The molecular weight excluding hydrogens is 188 g/mol. The van der Waals surface area contributed by atoms with Gasteiger partial charge in [-0.1, -0.05) is 13.3 Å². The van der Waals surface area contributed by atoms with Crippen LogP contribution in [-0.4, -0.2) is 23.1 Å². The van der Waals surface area contributed by atoms with Crippen LogP contribution in [0.4, 0.5) is 5.82 Å². The summed E-state index contributed by atoms with van der Waals surface area (Å²) >= 11 is 0. The quantitative estimate of drug-likeness (QED) is 0.798. The van der Waals surface area contributed by atoms with Crippen LogP contribution < -0.4 is 10.6 Å². The summed E-state index contributed by atoms with van der Waals surface area (Å²) in [5.74, 6) is 0.910. The van der Waals surface area contributed by atoms with Gasteiger partial charge in [-0.3, -0.25) is 4.98 Å². The molecule has 84 valence electrons. The first kappa shape index (κ1) is 11.9. The number of aromatic nitrogens is 2. The van der Waals surface area contributed by atoms with Gasteiger partial charge in [0, 0.05) is 19.6 Å². The van der Waals surface area contributed by atoms with E-state index in [1.165, 1.54) is 6.42 Å². The van der Waals surface area contributed by atoms with E-state index in [4.69, 9.17) is 5.73 Å². The van der Waals surface area contributed by atoms with Crippen molar-refractivity contribution in [2.45, 2.75) is 39.3 Å². The maximum atomic E-state index is 5.47. The van der Waals surface area contributed by atoms with Crippen LogP contribution in [0.15, 0.2) is 12.4 Å². The summed E-state index contributed by atoms with van der Waals surface area (Å²) in [6, 6.07) is 0.494. The van der Waals surface area contributed by atoms with Gasteiger partial charge < -0.3 is 10.6 Å². The SMILES string of the molecule is CCCC(C)N(C)c1cnc(CN)cn1. The van der Waals surface area contributed by atoms with Crippen molar-refractivity contribution in [2.24, 2.45) is 5.73 Å². The van der Waals surface area contributed by atoms with E-state index in [1.54, 1.807) is 12.4 Å². The van der Waals surface area contributed by atoms with Crippen molar-refractivity contribution in [1.82, 2.24) is 9.97 Å². The molecular formula is C11H20N4. The first-order valence-electron chi connectivity index (χ1n) is 5.42. The zero-order valence-electron chi connectivity index (χ0n) is 9.77. The Kier molecular flexibility index (Phi) is 4.49. The van der Waals surface area contributed by atoms with Crippen molar-refractivity contribution in [3.63, 3.8) is 0 Å². The van der Waals surface area contributed by atoms with Crippen molar-refractivity contribution in [1.29, 1.82) is 0 Å². The predicted octanol–water partition coefficient (Wildman–Crippen LogP) is 1.56. The molecule has 0 saturated carbocycles. The summed E-state index contributed by atoms with van der Waals surface area (Å²) in [4.78, 5) is 10.7. The molecule has 1 atom stereocenters. The van der Waals surface area contributed by atoms with Gasteiger partial charge in [0.1, 0.15) is 5.82 Å². The molecule has 0 amide bonds. The Morgan fingerprint density at radius 2 is 2.13 bits per heavy atom. The highest BCUT2D eigenvalue weighted by Gasteiger charge is 2.10. The molecule has 0 aliphatic heterocycles. The highest BCUT2D eigenvalue weighted by Crippen LogP contribution is 2.13. The maximum Gasteiger partial charge on any atom is 0.147 e. The van der Waals surface area contributed by atoms with Gasteiger partial charge >= 0.3 is 0 Å². The van der Waals surface area contributed by atoms with Gasteiger partial charge in [0.25, 0.3) is 0 Å².